The first-order valence-corrected chi connectivity index (χ1v) is 16.8. The van der Waals surface area contributed by atoms with Crippen molar-refractivity contribution in [2.45, 2.75) is 77.3 Å². The molecule has 2 aromatic heterocycles. The van der Waals surface area contributed by atoms with Gasteiger partial charge in [0.1, 0.15) is 18.6 Å². The van der Waals surface area contributed by atoms with Crippen LogP contribution < -0.4 is 10.2 Å². The van der Waals surface area contributed by atoms with E-state index >= 15 is 0 Å². The topological polar surface area (TPSA) is 89.6 Å². The molecule has 4 rings (SSSR count). The molecule has 1 aliphatic heterocycles. The van der Waals surface area contributed by atoms with Gasteiger partial charge in [-0.2, -0.15) is 5.26 Å². The summed E-state index contributed by atoms with van der Waals surface area (Å²) in [6.07, 6.45) is 7.86. The first kappa shape index (κ1) is 26.1. The number of aromatic nitrogens is 2. The van der Waals surface area contributed by atoms with E-state index in [-0.39, 0.29) is 0 Å². The smallest absolute Gasteiger partial charge is 0.143 e. The lowest BCUT2D eigenvalue weighted by molar-refractivity contribution is -0.00412. The zero-order chi connectivity index (χ0) is 25.0. The fraction of sp³-hybridized carbons (Fsp3) is 0.692. The number of anilines is 1. The number of hydrogen-bond acceptors (Lipinski definition) is 7. The van der Waals surface area contributed by atoms with Crippen LogP contribution in [0.25, 0.3) is 11.0 Å². The van der Waals surface area contributed by atoms with E-state index in [9.17, 15) is 5.11 Å². The Morgan fingerprint density at radius 2 is 2.03 bits per heavy atom. The van der Waals surface area contributed by atoms with E-state index in [0.29, 0.717) is 25.2 Å². The minimum absolute atomic E-state index is 0.423. The van der Waals surface area contributed by atoms with Crippen LogP contribution in [0.3, 0.4) is 0 Å². The van der Waals surface area contributed by atoms with Crippen molar-refractivity contribution in [3.63, 3.8) is 0 Å². The standard InChI is InChI=1S/C26H42N6O2Si/c1-5-30-18-32(21-8-6-20(7-9-21)16-28-12-11-27)24-22-10-13-31(19-34-14-15-35(2,3)4)25(22)29-17-23(24)26(30)33/h10,13,17,20-21,26,28,33H,5-9,12,14-16,18-19H2,1-4H3. The number of aliphatic hydroxyl groups excluding tert-OH is 1. The maximum absolute atomic E-state index is 11.1. The third kappa shape index (κ3) is 6.06. The van der Waals surface area contributed by atoms with Crippen LogP contribution in [0.15, 0.2) is 18.5 Å². The molecule has 3 heterocycles. The zero-order valence-electron chi connectivity index (χ0n) is 21.8. The molecule has 0 saturated heterocycles. The van der Waals surface area contributed by atoms with Gasteiger partial charge in [-0.05, 0) is 56.8 Å². The number of pyridine rings is 1. The highest BCUT2D eigenvalue weighted by Gasteiger charge is 2.36. The zero-order valence-corrected chi connectivity index (χ0v) is 22.8. The van der Waals surface area contributed by atoms with Gasteiger partial charge in [-0.3, -0.25) is 4.90 Å². The summed E-state index contributed by atoms with van der Waals surface area (Å²) < 4.78 is 8.11. The fourth-order valence-corrected chi connectivity index (χ4v) is 6.16. The molecule has 9 heteroatoms. The third-order valence-electron chi connectivity index (χ3n) is 7.56. The van der Waals surface area contributed by atoms with Gasteiger partial charge in [-0.15, -0.1) is 0 Å². The van der Waals surface area contributed by atoms with E-state index in [2.05, 4.69) is 64.6 Å². The van der Waals surface area contributed by atoms with Crippen molar-refractivity contribution in [3.05, 3.63) is 24.0 Å². The van der Waals surface area contributed by atoms with Crippen LogP contribution in [0, 0.1) is 17.2 Å². The fourth-order valence-electron chi connectivity index (χ4n) is 5.40. The number of nitriles is 1. The number of nitrogens with one attached hydrogen (secondary N) is 1. The molecule has 35 heavy (non-hydrogen) atoms. The Kier molecular flexibility index (Phi) is 8.50. The molecule has 1 fully saturated rings. The van der Waals surface area contributed by atoms with Crippen LogP contribution in [0.2, 0.25) is 25.7 Å². The highest BCUT2D eigenvalue weighted by molar-refractivity contribution is 6.76. The maximum atomic E-state index is 11.1. The molecule has 2 aliphatic rings. The van der Waals surface area contributed by atoms with Crippen LogP contribution in [0.4, 0.5) is 5.69 Å². The largest absolute Gasteiger partial charge is 0.374 e. The summed E-state index contributed by atoms with van der Waals surface area (Å²) >= 11 is 0. The van der Waals surface area contributed by atoms with E-state index in [1.54, 1.807) is 0 Å². The van der Waals surface area contributed by atoms with Crippen molar-refractivity contribution in [2.75, 3.05) is 37.8 Å². The molecule has 0 bridgehead atoms. The molecule has 2 N–H and O–H groups in total. The van der Waals surface area contributed by atoms with Gasteiger partial charge < -0.3 is 24.6 Å². The van der Waals surface area contributed by atoms with Crippen LogP contribution in [0.5, 0.6) is 0 Å². The second-order valence-electron chi connectivity index (χ2n) is 11.3. The normalized spacial score (nSPS) is 23.4. The molecule has 0 spiro atoms. The number of fused-ring (bicyclic) bond motifs is 3. The molecule has 1 aliphatic carbocycles. The van der Waals surface area contributed by atoms with Gasteiger partial charge in [-0.1, -0.05) is 26.6 Å². The van der Waals surface area contributed by atoms with E-state index in [4.69, 9.17) is 15.0 Å². The Balaban J connectivity index is 1.54. The Hall–Kier alpha value is -1.96. The predicted molar refractivity (Wildman–Crippen MR) is 143 cm³/mol. The highest BCUT2D eigenvalue weighted by Crippen LogP contribution is 2.42. The first-order valence-electron chi connectivity index (χ1n) is 13.1. The Morgan fingerprint density at radius 3 is 2.71 bits per heavy atom. The maximum Gasteiger partial charge on any atom is 0.143 e. The minimum Gasteiger partial charge on any atom is -0.374 e. The molecule has 1 atom stereocenters. The number of rotatable bonds is 10. The summed E-state index contributed by atoms with van der Waals surface area (Å²) in [5.41, 5.74) is 2.97. The van der Waals surface area contributed by atoms with E-state index < -0.39 is 14.3 Å². The van der Waals surface area contributed by atoms with Crippen molar-refractivity contribution >= 4 is 24.8 Å². The molecule has 8 nitrogen and oxygen atoms in total. The number of aliphatic hydroxyl groups is 1. The average Bonchev–Trinajstić information content (AvgIpc) is 3.25. The van der Waals surface area contributed by atoms with Crippen molar-refractivity contribution in [3.8, 4) is 6.07 Å². The van der Waals surface area contributed by atoms with Gasteiger partial charge in [-0.25, -0.2) is 4.98 Å². The monoisotopic (exact) mass is 498 g/mol. The Bertz CT molecular complexity index is 1020. The molecular formula is C26H42N6O2Si. The van der Waals surface area contributed by atoms with Crippen molar-refractivity contribution in [2.24, 2.45) is 5.92 Å². The lowest BCUT2D eigenvalue weighted by Gasteiger charge is -2.46. The second kappa shape index (κ2) is 11.4. The van der Waals surface area contributed by atoms with Crippen molar-refractivity contribution in [1.29, 1.82) is 5.26 Å². The van der Waals surface area contributed by atoms with Gasteiger partial charge in [0.15, 0.2) is 0 Å². The Labute approximate surface area is 210 Å². The Morgan fingerprint density at radius 1 is 1.26 bits per heavy atom. The molecule has 192 valence electrons. The second-order valence-corrected chi connectivity index (χ2v) is 16.9. The quantitative estimate of drug-likeness (QED) is 0.289. The summed E-state index contributed by atoms with van der Waals surface area (Å²) in [5, 5.41) is 24.3. The SMILES string of the molecule is CCN1CN(C2CCC(CNCC#N)CC2)c2c(cnc3c2ccn3COCC[Si](C)(C)C)C1O. The van der Waals surface area contributed by atoms with E-state index in [1.165, 1.54) is 0 Å². The molecule has 0 amide bonds. The van der Waals surface area contributed by atoms with Gasteiger partial charge in [0.25, 0.3) is 0 Å². The summed E-state index contributed by atoms with van der Waals surface area (Å²) in [6, 6.07) is 5.90. The summed E-state index contributed by atoms with van der Waals surface area (Å²) in [6.45, 7) is 13.3. The third-order valence-corrected chi connectivity index (χ3v) is 9.27. The number of hydrogen-bond donors (Lipinski definition) is 2. The number of nitrogens with zero attached hydrogens (tertiary/aromatic N) is 5. The van der Waals surface area contributed by atoms with Gasteiger partial charge >= 0.3 is 0 Å². The first-order chi connectivity index (χ1) is 16.8. The minimum atomic E-state index is -1.12. The van der Waals surface area contributed by atoms with Crippen molar-refractivity contribution < 1.29 is 9.84 Å². The van der Waals surface area contributed by atoms with Crippen LogP contribution in [-0.2, 0) is 11.5 Å². The van der Waals surface area contributed by atoms with E-state index in [1.807, 2.05) is 6.20 Å². The molecular weight excluding hydrogens is 456 g/mol. The molecule has 0 aromatic carbocycles. The number of ether oxygens (including phenoxy) is 1. The van der Waals surface area contributed by atoms with Crippen LogP contribution >= 0.6 is 0 Å². The van der Waals surface area contributed by atoms with Crippen molar-refractivity contribution in [1.82, 2.24) is 19.8 Å². The highest BCUT2D eigenvalue weighted by atomic mass is 28.3. The molecule has 2 aromatic rings. The average molecular weight is 499 g/mol. The summed E-state index contributed by atoms with van der Waals surface area (Å²) in [4.78, 5) is 9.41. The van der Waals surface area contributed by atoms with E-state index in [0.717, 1.165) is 80.4 Å². The predicted octanol–water partition coefficient (Wildman–Crippen LogP) is 4.11. The molecule has 1 saturated carbocycles. The molecule has 1 unspecified atom stereocenters. The lowest BCUT2D eigenvalue weighted by Crippen LogP contribution is -2.50. The lowest BCUT2D eigenvalue weighted by atomic mass is 9.84. The van der Waals surface area contributed by atoms with Crippen LogP contribution in [0.1, 0.15) is 44.4 Å². The van der Waals surface area contributed by atoms with Gasteiger partial charge in [0.05, 0.1) is 25.0 Å². The van der Waals surface area contributed by atoms with Gasteiger partial charge in [0.2, 0.25) is 0 Å². The van der Waals surface area contributed by atoms with Crippen LogP contribution in [-0.4, -0.2) is 66.6 Å². The van der Waals surface area contributed by atoms with Gasteiger partial charge in [0, 0.05) is 44.1 Å². The summed E-state index contributed by atoms with van der Waals surface area (Å²) in [7, 11) is -1.12. The molecule has 0 radical (unpaired) electrons. The summed E-state index contributed by atoms with van der Waals surface area (Å²) in [5.74, 6) is 0.628.